The number of amides is 3. The number of carboxylic acid groups (broad SMARTS) is 1. The molecule has 0 saturated carbocycles. The number of hydrogen-bond acceptors (Lipinski definition) is 11. The minimum Gasteiger partial charge on any atom is -0.543 e. The summed E-state index contributed by atoms with van der Waals surface area (Å²) in [6, 6.07) is 2.63. The third-order valence-electron chi connectivity index (χ3n) is 6.61. The summed E-state index contributed by atoms with van der Waals surface area (Å²) in [6.07, 6.45) is 4.75. The predicted molar refractivity (Wildman–Crippen MR) is 134 cm³/mol. The topological polar surface area (TPSA) is 193 Å². The molecule has 202 valence electrons. The van der Waals surface area contributed by atoms with Crippen LogP contribution in [0.1, 0.15) is 13.8 Å². The van der Waals surface area contributed by atoms with Crippen molar-refractivity contribution in [2.45, 2.75) is 43.4 Å². The molecule has 3 aromatic rings. The number of tetrazole rings is 1. The molecule has 14 nitrogen and oxygen atoms in total. The zero-order chi connectivity index (χ0) is 27.8. The van der Waals surface area contributed by atoms with Gasteiger partial charge < -0.3 is 25.9 Å². The Balaban J connectivity index is 1.30. The Kier molecular flexibility index (Phi) is 7.14. The van der Waals surface area contributed by atoms with Crippen LogP contribution in [0.4, 0.5) is 0 Å². The Morgan fingerprint density at radius 1 is 1.31 bits per heavy atom. The van der Waals surface area contributed by atoms with Gasteiger partial charge in [0.15, 0.2) is 16.7 Å². The van der Waals surface area contributed by atoms with E-state index in [2.05, 4.69) is 25.8 Å². The molecule has 39 heavy (non-hydrogen) atoms. The maximum atomic E-state index is 13.1. The van der Waals surface area contributed by atoms with Crippen LogP contribution in [0, 0.1) is 11.8 Å². The van der Waals surface area contributed by atoms with Gasteiger partial charge >= 0.3 is 0 Å². The number of β-lactam (4-membered cyclic amide) rings is 1. The average molecular weight is 570 g/mol. The number of carboxylic acids is 1. The van der Waals surface area contributed by atoms with Gasteiger partial charge in [0.1, 0.15) is 12.9 Å². The first-order chi connectivity index (χ1) is 18.6. The molecule has 1 fully saturated rings. The lowest BCUT2D eigenvalue weighted by molar-refractivity contribution is -0.684. The van der Waals surface area contributed by atoms with E-state index in [4.69, 9.17) is 5.73 Å². The summed E-state index contributed by atoms with van der Waals surface area (Å²) in [5.74, 6) is -3.56. The lowest BCUT2D eigenvalue weighted by atomic mass is 9.78. The fourth-order valence-electron chi connectivity index (χ4n) is 4.90. The van der Waals surface area contributed by atoms with Crippen LogP contribution >= 0.6 is 23.1 Å². The number of primary amides is 1. The molecule has 0 aromatic carbocycles. The highest BCUT2D eigenvalue weighted by atomic mass is 32.2. The smallest absolute Gasteiger partial charge is 0.283 e. The number of nitrogens with one attached hydrogen (secondary N) is 1. The number of nitrogens with two attached hydrogens (primary N) is 1. The predicted octanol–water partition coefficient (Wildman–Crippen LogP) is -1.70. The number of fused-ring (bicyclic) bond motifs is 1. The average Bonchev–Trinajstić information content (AvgIpc) is 3.60. The number of carbonyl (C=O) groups is 4. The molecule has 0 unspecified atom stereocenters. The number of aliphatic carboxylic acids is 1. The van der Waals surface area contributed by atoms with E-state index in [1.54, 1.807) is 36.0 Å². The second-order valence-electron chi connectivity index (χ2n) is 9.20. The largest absolute Gasteiger partial charge is 0.543 e. The van der Waals surface area contributed by atoms with Gasteiger partial charge in [-0.25, -0.2) is 9.67 Å². The molecule has 5 rings (SSSR count). The van der Waals surface area contributed by atoms with Crippen molar-refractivity contribution in [3.05, 3.63) is 46.8 Å². The van der Waals surface area contributed by atoms with Crippen molar-refractivity contribution < 1.29 is 28.9 Å². The van der Waals surface area contributed by atoms with E-state index in [1.165, 1.54) is 39.0 Å². The quantitative estimate of drug-likeness (QED) is 0.210. The third kappa shape index (κ3) is 5.12. The number of carbonyl (C=O) groups excluding carboxylic acids is 4. The number of nitrogens with zero attached hydrogens (tertiary/aromatic N) is 7. The summed E-state index contributed by atoms with van der Waals surface area (Å²) in [5.41, 5.74) is 6.57. The van der Waals surface area contributed by atoms with Gasteiger partial charge in [-0.2, -0.15) is 4.57 Å². The van der Waals surface area contributed by atoms with Crippen molar-refractivity contribution in [1.29, 1.82) is 0 Å². The van der Waals surface area contributed by atoms with Gasteiger partial charge in [0.25, 0.3) is 5.91 Å². The lowest BCUT2D eigenvalue weighted by Crippen LogP contribution is -2.66. The number of rotatable bonds is 10. The maximum Gasteiger partial charge on any atom is 0.283 e. The van der Waals surface area contributed by atoms with Gasteiger partial charge in [0, 0.05) is 39.9 Å². The minimum absolute atomic E-state index is 0.0650. The van der Waals surface area contributed by atoms with Crippen LogP contribution in [0.15, 0.2) is 51.2 Å². The van der Waals surface area contributed by atoms with E-state index >= 15 is 0 Å². The standard InChI is InChI=1S/C23H23N9O5S2/c1-11-18-17(12(2)26-16(34)8-31-10-25-28-29-31)21(35)32(18)19(22(36)37)20(11)39-23-27-14(9-38-23)13-3-5-30(6-4-13)7-15(24)33/h3-6,9-12,17-18H,7-8H2,1-2H3,(H3-,24,26,33,34,36,37)/t11-,12-,17-,18-/m1/s1. The first-order valence-corrected chi connectivity index (χ1v) is 13.5. The van der Waals surface area contributed by atoms with Gasteiger partial charge in [-0.3, -0.25) is 14.4 Å². The van der Waals surface area contributed by atoms with Crippen LogP contribution in [-0.4, -0.2) is 65.9 Å². The van der Waals surface area contributed by atoms with E-state index in [-0.39, 0.29) is 36.5 Å². The summed E-state index contributed by atoms with van der Waals surface area (Å²) in [5, 5.41) is 27.4. The molecule has 1 saturated heterocycles. The molecule has 0 spiro atoms. The number of thiazole rings is 1. The monoisotopic (exact) mass is 569 g/mol. The van der Waals surface area contributed by atoms with Crippen LogP contribution in [0.3, 0.4) is 0 Å². The van der Waals surface area contributed by atoms with Gasteiger partial charge in [-0.15, -0.1) is 16.4 Å². The van der Waals surface area contributed by atoms with E-state index in [9.17, 15) is 24.3 Å². The fraction of sp³-hybridized carbons (Fsp3) is 0.348. The Bertz CT molecular complexity index is 1470. The Labute approximate surface area is 229 Å². The van der Waals surface area contributed by atoms with Crippen LogP contribution in [-0.2, 0) is 32.3 Å². The molecule has 2 aliphatic heterocycles. The molecule has 16 heteroatoms. The normalized spacial score (nSPS) is 20.9. The van der Waals surface area contributed by atoms with Crippen molar-refractivity contribution in [2.24, 2.45) is 17.6 Å². The highest BCUT2D eigenvalue weighted by Crippen LogP contribution is 2.52. The van der Waals surface area contributed by atoms with Crippen molar-refractivity contribution in [1.82, 2.24) is 35.4 Å². The zero-order valence-corrected chi connectivity index (χ0v) is 22.4. The van der Waals surface area contributed by atoms with E-state index in [0.717, 1.165) is 5.56 Å². The highest BCUT2D eigenvalue weighted by molar-refractivity contribution is 8.04. The first-order valence-electron chi connectivity index (χ1n) is 11.8. The lowest BCUT2D eigenvalue weighted by Gasteiger charge is -2.48. The maximum absolute atomic E-state index is 13.1. The van der Waals surface area contributed by atoms with Gasteiger partial charge in [-0.05, 0) is 17.4 Å². The molecule has 2 aliphatic rings. The summed E-state index contributed by atoms with van der Waals surface area (Å²) >= 11 is 2.54. The van der Waals surface area contributed by atoms with Crippen LogP contribution in [0.2, 0.25) is 0 Å². The first kappa shape index (κ1) is 26.4. The van der Waals surface area contributed by atoms with Gasteiger partial charge in [0.2, 0.25) is 18.4 Å². The summed E-state index contributed by atoms with van der Waals surface area (Å²) in [6.45, 7) is 3.53. The Morgan fingerprint density at radius 3 is 2.69 bits per heavy atom. The molecule has 3 aromatic heterocycles. The molecular formula is C23H23N9O5S2. The molecule has 0 radical (unpaired) electrons. The molecular weight excluding hydrogens is 546 g/mol. The third-order valence-corrected chi connectivity index (χ3v) is 8.84. The number of pyridine rings is 1. The zero-order valence-electron chi connectivity index (χ0n) is 20.8. The van der Waals surface area contributed by atoms with Crippen LogP contribution in [0.5, 0.6) is 0 Å². The Hall–Kier alpha value is -4.18. The van der Waals surface area contributed by atoms with E-state index < -0.39 is 29.9 Å². The second-order valence-corrected chi connectivity index (χ2v) is 11.4. The van der Waals surface area contributed by atoms with E-state index in [1.807, 2.05) is 12.3 Å². The summed E-state index contributed by atoms with van der Waals surface area (Å²) < 4.78 is 3.52. The molecule has 0 bridgehead atoms. The van der Waals surface area contributed by atoms with Crippen molar-refractivity contribution in [3.8, 4) is 11.3 Å². The number of thioether (sulfide) groups is 1. The number of hydrogen-bond donors (Lipinski definition) is 2. The van der Waals surface area contributed by atoms with Crippen LogP contribution in [0.25, 0.3) is 11.3 Å². The molecule has 5 heterocycles. The Morgan fingerprint density at radius 2 is 2.05 bits per heavy atom. The van der Waals surface area contributed by atoms with E-state index in [0.29, 0.717) is 14.9 Å². The second kappa shape index (κ2) is 10.5. The SMILES string of the molecule is C[C@@H](NC(=O)Cn1cnnn1)[C@H]1C(=O)N2C(C(=O)[O-])=C(Sc3nc(-c4cc[n+](CC(N)=O)cc4)cs3)[C@H](C)[C@H]12. The summed E-state index contributed by atoms with van der Waals surface area (Å²) in [7, 11) is 0. The highest BCUT2D eigenvalue weighted by Gasteiger charge is 2.59. The molecule has 0 aliphatic carbocycles. The summed E-state index contributed by atoms with van der Waals surface area (Å²) in [4.78, 5) is 55.1. The minimum atomic E-state index is -1.44. The van der Waals surface area contributed by atoms with Gasteiger partial charge in [0.05, 0.1) is 29.3 Å². The molecule has 4 atom stereocenters. The molecule has 3 amide bonds. The van der Waals surface area contributed by atoms with Crippen LogP contribution < -0.4 is 20.7 Å². The number of aromatic nitrogens is 6. The van der Waals surface area contributed by atoms with Gasteiger partial charge in [-0.1, -0.05) is 18.7 Å². The fourth-order valence-corrected chi connectivity index (χ4v) is 6.99. The van der Waals surface area contributed by atoms with Crippen molar-refractivity contribution in [2.75, 3.05) is 0 Å². The molecule has 3 N–H and O–H groups in total. The van der Waals surface area contributed by atoms with Crippen molar-refractivity contribution >= 4 is 46.8 Å². The van der Waals surface area contributed by atoms with Crippen molar-refractivity contribution in [3.63, 3.8) is 0 Å².